The van der Waals surface area contributed by atoms with Gasteiger partial charge in [0.25, 0.3) is 5.91 Å². The third-order valence-corrected chi connectivity index (χ3v) is 5.30. The Hall–Kier alpha value is -8.37. The van der Waals surface area contributed by atoms with Crippen LogP contribution < -0.4 is 90.8 Å². The minimum atomic E-state index is -1.47. The Morgan fingerprint density at radius 3 is 1.23 bits per heavy atom. The second-order valence-electron chi connectivity index (χ2n) is 9.45. The fraction of sp³-hybridized carbons (Fsp3) is 0.188. The summed E-state index contributed by atoms with van der Waals surface area (Å²) in [6.07, 6.45) is 5.40. The zero-order valence-electron chi connectivity index (χ0n) is 33.2. The number of hydrogen-bond donors (Lipinski definition) is 4. The molecule has 0 saturated carbocycles. The molecule has 3 amide bonds. The first-order valence-electron chi connectivity index (χ1n) is 16.3. The molecule has 0 saturated heterocycles. The van der Waals surface area contributed by atoms with E-state index in [-0.39, 0.29) is 85.0 Å². The van der Waals surface area contributed by atoms with Gasteiger partial charge in [-0.15, -0.1) is 11.9 Å². The predicted octanol–water partition coefficient (Wildman–Crippen LogP) is -10.7. The van der Waals surface area contributed by atoms with Crippen LogP contribution in [0.1, 0.15) is 32.6 Å². The van der Waals surface area contributed by atoms with Crippen molar-refractivity contribution in [2.45, 2.75) is 44.7 Å². The van der Waals surface area contributed by atoms with Gasteiger partial charge < -0.3 is 40.6 Å². The third-order valence-electron chi connectivity index (χ3n) is 5.30. The molecule has 4 N–H and O–H groups in total. The van der Waals surface area contributed by atoms with Crippen molar-refractivity contribution in [1.29, 1.82) is 0 Å². The molecule has 0 bridgehead atoms. The van der Waals surface area contributed by atoms with E-state index in [0.29, 0.717) is 0 Å². The average molecular weight is 829 g/mol. The molecule has 0 radical (unpaired) electrons. The monoisotopic (exact) mass is 828 g/mol. The minimum absolute atomic E-state index is 0. The Kier molecular flexibility index (Phi) is 40.9. The molecule has 12 nitrogen and oxygen atoms in total. The number of rotatable bonds is 14. The number of carbonyl (C=O) groups is 5. The molecule has 62 heavy (non-hydrogen) atoms. The van der Waals surface area contributed by atoms with E-state index < -0.39 is 54.6 Å². The molecule has 0 rings (SSSR count). The molecule has 0 aromatic rings. The summed E-state index contributed by atoms with van der Waals surface area (Å²) < 4.78 is 0. The second kappa shape index (κ2) is 43.7. The molecular weight excluding hydrogens is 807 g/mol. The summed E-state index contributed by atoms with van der Waals surface area (Å²) in [5.74, 6) is 71.1. The van der Waals surface area contributed by atoms with Crippen LogP contribution in [0.5, 0.6) is 0 Å². The summed E-state index contributed by atoms with van der Waals surface area (Å²) in [6, 6.07) is -2.56. The summed E-state index contributed by atoms with van der Waals surface area (Å²) >= 11 is 0. The number of carboxylic acid groups (broad SMARTS) is 2. The number of terminal acetylenes is 1. The number of carbonyl (C=O) groups excluding carboxylic acids is 5. The zero-order valence-corrected chi connectivity index (χ0v) is 37.2. The van der Waals surface area contributed by atoms with Gasteiger partial charge in [0.1, 0.15) is 12.1 Å². The Bertz CT molecular complexity index is 2810. The molecule has 0 aromatic carbocycles. The first kappa shape index (κ1) is 58.0. The van der Waals surface area contributed by atoms with Gasteiger partial charge in [0, 0.05) is 78.3 Å². The van der Waals surface area contributed by atoms with Crippen LogP contribution in [0.25, 0.3) is 0 Å². The maximum atomic E-state index is 12.7. The number of nitrogens with one attached hydrogen (secondary N) is 4. The molecule has 0 aliphatic heterocycles. The number of amides is 3. The molecule has 0 aromatic heterocycles. The van der Waals surface area contributed by atoms with E-state index in [1.165, 1.54) is 0 Å². The normalized spacial score (nSPS) is 7.48. The largest absolute Gasteiger partial charge is 1.00 e. The van der Waals surface area contributed by atoms with Gasteiger partial charge in [-0.3, -0.25) is 14.4 Å². The summed E-state index contributed by atoms with van der Waals surface area (Å²) in [5.41, 5.74) is 2.29. The first-order chi connectivity index (χ1) is 29.2. The zero-order chi connectivity index (χ0) is 44.2. The van der Waals surface area contributed by atoms with Crippen molar-refractivity contribution in [3.8, 4) is 202 Å². The van der Waals surface area contributed by atoms with Gasteiger partial charge in [0.05, 0.1) is 0 Å². The molecule has 0 aliphatic rings. The van der Waals surface area contributed by atoms with Gasteiger partial charge in [-0.25, -0.2) is 0 Å². The minimum Gasteiger partial charge on any atom is -0.550 e. The summed E-state index contributed by atoms with van der Waals surface area (Å²) in [7, 11) is 0. The van der Waals surface area contributed by atoms with Crippen LogP contribution in [0, 0.1) is 202 Å². The van der Waals surface area contributed by atoms with Crippen LogP contribution in [0.3, 0.4) is 0 Å². The van der Waals surface area contributed by atoms with Crippen LogP contribution >= 0.6 is 0 Å². The molecule has 0 spiro atoms. The third kappa shape index (κ3) is 39.8. The van der Waals surface area contributed by atoms with E-state index in [1.807, 2.05) is 0 Å². The Morgan fingerprint density at radius 2 is 0.839 bits per heavy atom. The van der Waals surface area contributed by atoms with Crippen molar-refractivity contribution in [3.05, 3.63) is 0 Å². The van der Waals surface area contributed by atoms with E-state index in [0.717, 1.165) is 0 Å². The van der Waals surface area contributed by atoms with E-state index in [9.17, 15) is 34.2 Å². The summed E-state index contributed by atoms with van der Waals surface area (Å²) in [6.45, 7) is 1.29. The SMILES string of the molecule is C#CC#CC#CC#CC#CC#CC#CC#CC#CONC(CCC(=O)[O-])C(=O)NCCNC(=O)C(CCC(=O)[O-])NC(=O)C#CC#CC#CC#CC#CC#CC#CC#CC.[Na+].[Na+]. The molecule has 284 valence electrons. The van der Waals surface area contributed by atoms with Crippen molar-refractivity contribution in [3.63, 3.8) is 0 Å². The summed E-state index contributed by atoms with van der Waals surface area (Å²) in [4.78, 5) is 64.4. The summed E-state index contributed by atoms with van der Waals surface area (Å²) in [5, 5.41) is 29.1. The van der Waals surface area contributed by atoms with Gasteiger partial charge in [0.15, 0.2) is 6.11 Å². The predicted molar refractivity (Wildman–Crippen MR) is 213 cm³/mol. The first-order valence-corrected chi connectivity index (χ1v) is 16.3. The van der Waals surface area contributed by atoms with Gasteiger partial charge in [-0.1, -0.05) is 5.92 Å². The van der Waals surface area contributed by atoms with E-state index in [1.54, 1.807) is 6.92 Å². The van der Waals surface area contributed by atoms with Gasteiger partial charge in [-0.2, -0.15) is 0 Å². The van der Waals surface area contributed by atoms with Crippen molar-refractivity contribution in [2.75, 3.05) is 13.1 Å². The standard InChI is InChI=1S/C48H24N4O8.2Na/c1-3-5-7-9-11-13-15-17-19-21-23-25-27-29-31-33-41-60-52-43(36-38-46(56)57)48(59)50-40-39-49-47(58)42(35-37-45(54)55)51-44(53)34-32-30-28-26-24-22-20-18-16-14-12-10-8-6-4-2;;/h1,42-43,52H,35-40H2,2H3,(H,49,58)(H,50,59)(H,51,53)(H,54,55)(H,56,57);;/q;2*+1/p-2. The van der Waals surface area contributed by atoms with Crippen LogP contribution in [-0.2, 0) is 28.8 Å². The maximum Gasteiger partial charge on any atom is 1.00 e. The van der Waals surface area contributed by atoms with Crippen molar-refractivity contribution >= 4 is 29.7 Å². The molecule has 0 aliphatic carbocycles. The number of hydroxylamine groups is 1. The van der Waals surface area contributed by atoms with Crippen molar-refractivity contribution in [1.82, 2.24) is 21.4 Å². The number of carboxylic acids is 2. The molecule has 14 heteroatoms. The fourth-order valence-corrected chi connectivity index (χ4v) is 2.97. The molecule has 0 fully saturated rings. The van der Waals surface area contributed by atoms with Gasteiger partial charge in [0.2, 0.25) is 11.8 Å². The smallest absolute Gasteiger partial charge is 0.550 e. The Balaban J connectivity index is -0.0000174. The topological polar surface area (TPSA) is 189 Å². The molecule has 2 unspecified atom stereocenters. The van der Waals surface area contributed by atoms with Gasteiger partial charge >= 0.3 is 59.1 Å². The van der Waals surface area contributed by atoms with Gasteiger partial charge in [-0.05, 0) is 163 Å². The van der Waals surface area contributed by atoms with Crippen LogP contribution in [0.4, 0.5) is 0 Å². The Morgan fingerprint density at radius 1 is 0.500 bits per heavy atom. The van der Waals surface area contributed by atoms with E-state index >= 15 is 0 Å². The van der Waals surface area contributed by atoms with Crippen LogP contribution in [0.15, 0.2) is 0 Å². The second-order valence-corrected chi connectivity index (χ2v) is 9.45. The average Bonchev–Trinajstić information content (AvgIpc) is 3.22. The fourth-order valence-electron chi connectivity index (χ4n) is 2.97. The molecule has 2 atom stereocenters. The van der Waals surface area contributed by atoms with Crippen molar-refractivity contribution in [2.24, 2.45) is 0 Å². The molecule has 0 heterocycles. The number of hydrogen-bond acceptors (Lipinski definition) is 9. The molecular formula is C48H22N4Na2O8. The quantitative estimate of drug-likeness (QED) is 0.0571. The van der Waals surface area contributed by atoms with Crippen LogP contribution in [-0.4, -0.2) is 54.8 Å². The van der Waals surface area contributed by atoms with Crippen molar-refractivity contribution < 1.29 is 98.1 Å². The number of aliphatic carboxylic acids is 2. The van der Waals surface area contributed by atoms with Crippen LogP contribution in [0.2, 0.25) is 0 Å². The Labute approximate surface area is 405 Å². The maximum absolute atomic E-state index is 12.7. The van der Waals surface area contributed by atoms with E-state index in [2.05, 4.69) is 217 Å². The van der Waals surface area contributed by atoms with E-state index in [4.69, 9.17) is 11.3 Å².